The molecule has 2 aliphatic heterocycles. The molecule has 2 aliphatic rings. The fourth-order valence-electron chi connectivity index (χ4n) is 3.81. The first-order valence-corrected chi connectivity index (χ1v) is 10.5. The monoisotopic (exact) mass is 441 g/mol. The number of hydrogen-bond donors (Lipinski definition) is 1. The number of nitrogens with zero attached hydrogens (tertiary/aromatic N) is 2. The van der Waals surface area contributed by atoms with Crippen molar-refractivity contribution in [3.63, 3.8) is 0 Å². The van der Waals surface area contributed by atoms with Crippen molar-refractivity contribution >= 4 is 17.5 Å². The van der Waals surface area contributed by atoms with Crippen molar-refractivity contribution in [1.82, 2.24) is 9.80 Å². The quantitative estimate of drug-likeness (QED) is 0.700. The molecule has 4 rings (SSSR count). The summed E-state index contributed by atoms with van der Waals surface area (Å²) in [4.78, 5) is 29.1. The fourth-order valence-corrected chi connectivity index (χ4v) is 3.81. The van der Waals surface area contributed by atoms with Gasteiger partial charge in [0.15, 0.2) is 11.5 Å². The molecule has 0 unspecified atom stereocenters. The van der Waals surface area contributed by atoms with Crippen molar-refractivity contribution in [1.29, 1.82) is 0 Å². The van der Waals surface area contributed by atoms with E-state index >= 15 is 0 Å². The van der Waals surface area contributed by atoms with Gasteiger partial charge in [-0.15, -0.1) is 0 Å². The van der Waals surface area contributed by atoms with Crippen LogP contribution in [0.3, 0.4) is 0 Å². The maximum absolute atomic E-state index is 12.7. The summed E-state index contributed by atoms with van der Waals surface area (Å²) in [6, 6.07) is 10.9. The summed E-state index contributed by atoms with van der Waals surface area (Å²) in [6.07, 6.45) is 0.335. The summed E-state index contributed by atoms with van der Waals surface area (Å²) in [5.41, 5.74) is 1.46. The molecule has 1 saturated heterocycles. The van der Waals surface area contributed by atoms with Crippen molar-refractivity contribution in [2.24, 2.45) is 0 Å². The van der Waals surface area contributed by atoms with E-state index < -0.39 is 0 Å². The molecule has 1 fully saturated rings. The molecule has 9 heteroatoms. The van der Waals surface area contributed by atoms with Crippen molar-refractivity contribution in [3.05, 3.63) is 42.0 Å². The highest BCUT2D eigenvalue weighted by atomic mass is 16.7. The van der Waals surface area contributed by atoms with Crippen molar-refractivity contribution < 1.29 is 28.5 Å². The molecule has 2 aromatic rings. The predicted molar refractivity (Wildman–Crippen MR) is 117 cm³/mol. The Hall–Kier alpha value is -3.46. The molecule has 0 radical (unpaired) electrons. The second-order valence-electron chi connectivity index (χ2n) is 7.64. The summed E-state index contributed by atoms with van der Waals surface area (Å²) < 4.78 is 21.3. The average molecular weight is 441 g/mol. The van der Waals surface area contributed by atoms with Gasteiger partial charge in [-0.05, 0) is 17.7 Å². The Morgan fingerprint density at radius 2 is 1.75 bits per heavy atom. The van der Waals surface area contributed by atoms with Crippen LogP contribution in [-0.2, 0) is 16.0 Å². The molecular formula is C23H27N3O6. The average Bonchev–Trinajstić information content (AvgIpc) is 3.26. The summed E-state index contributed by atoms with van der Waals surface area (Å²) >= 11 is 0. The van der Waals surface area contributed by atoms with E-state index in [1.54, 1.807) is 19.2 Å². The molecule has 32 heavy (non-hydrogen) atoms. The Kier molecular flexibility index (Phi) is 6.65. The number of hydrogen-bond acceptors (Lipinski definition) is 7. The topological polar surface area (TPSA) is 89.6 Å². The Balaban J connectivity index is 1.27. The molecule has 1 N–H and O–H groups in total. The molecule has 0 spiro atoms. The third-order valence-electron chi connectivity index (χ3n) is 5.55. The number of carbonyl (C=O) groups excluding carboxylic acids is 2. The van der Waals surface area contributed by atoms with Gasteiger partial charge in [-0.25, -0.2) is 0 Å². The largest absolute Gasteiger partial charge is 0.497 e. The number of carbonyl (C=O) groups is 2. The first-order chi connectivity index (χ1) is 15.6. The van der Waals surface area contributed by atoms with E-state index in [1.165, 1.54) is 7.11 Å². The number of rotatable bonds is 7. The molecule has 0 atom stereocenters. The third-order valence-corrected chi connectivity index (χ3v) is 5.55. The smallest absolute Gasteiger partial charge is 0.238 e. The van der Waals surface area contributed by atoms with Crippen LogP contribution in [0.1, 0.15) is 5.56 Å². The van der Waals surface area contributed by atoms with Crippen molar-refractivity contribution in [2.75, 3.05) is 59.1 Å². The molecule has 0 saturated carbocycles. The normalized spacial score (nSPS) is 15.4. The zero-order chi connectivity index (χ0) is 22.5. The molecule has 170 valence electrons. The number of benzene rings is 2. The summed E-state index contributed by atoms with van der Waals surface area (Å²) in [5.74, 6) is 2.34. The van der Waals surface area contributed by atoms with E-state index in [4.69, 9.17) is 18.9 Å². The van der Waals surface area contributed by atoms with Gasteiger partial charge in [0.05, 0.1) is 32.9 Å². The number of nitrogens with one attached hydrogen (secondary N) is 1. The minimum atomic E-state index is -0.154. The number of anilines is 1. The lowest BCUT2D eigenvalue weighted by Gasteiger charge is -2.34. The lowest BCUT2D eigenvalue weighted by atomic mass is 10.1. The molecule has 0 aliphatic carbocycles. The molecule has 2 heterocycles. The molecule has 0 aromatic heterocycles. The second kappa shape index (κ2) is 9.78. The van der Waals surface area contributed by atoms with Gasteiger partial charge in [-0.2, -0.15) is 0 Å². The molecule has 9 nitrogen and oxygen atoms in total. The van der Waals surface area contributed by atoms with Crippen LogP contribution in [0.5, 0.6) is 23.0 Å². The summed E-state index contributed by atoms with van der Waals surface area (Å²) in [5, 5.41) is 2.88. The highest BCUT2D eigenvalue weighted by Gasteiger charge is 2.24. The third kappa shape index (κ3) is 5.05. The summed E-state index contributed by atoms with van der Waals surface area (Å²) in [6.45, 7) is 2.82. The Morgan fingerprint density at radius 3 is 2.47 bits per heavy atom. The molecule has 2 aromatic carbocycles. The van der Waals surface area contributed by atoms with E-state index in [0.29, 0.717) is 55.5 Å². The van der Waals surface area contributed by atoms with Gasteiger partial charge in [0.1, 0.15) is 11.5 Å². The second-order valence-corrected chi connectivity index (χ2v) is 7.64. The number of ether oxygens (including phenoxy) is 4. The van der Waals surface area contributed by atoms with Gasteiger partial charge in [0.25, 0.3) is 0 Å². The van der Waals surface area contributed by atoms with Crippen LogP contribution < -0.4 is 24.3 Å². The Labute approximate surface area is 186 Å². The van der Waals surface area contributed by atoms with Gasteiger partial charge < -0.3 is 29.2 Å². The van der Waals surface area contributed by atoms with E-state index in [2.05, 4.69) is 5.32 Å². The lowest BCUT2D eigenvalue weighted by molar-refractivity contribution is -0.132. The number of fused-ring (bicyclic) bond motifs is 1. The SMILES string of the molecule is COc1cccc(CC(=O)N2CCN(CC(=O)Nc3cc4c(cc3OC)OCO4)CC2)c1. The fraction of sp³-hybridized carbons (Fsp3) is 0.391. The van der Waals surface area contributed by atoms with Gasteiger partial charge in [0, 0.05) is 38.3 Å². The van der Waals surface area contributed by atoms with Crippen LogP contribution >= 0.6 is 0 Å². The highest BCUT2D eigenvalue weighted by molar-refractivity contribution is 5.94. The predicted octanol–water partition coefficient (Wildman–Crippen LogP) is 1.76. The van der Waals surface area contributed by atoms with Crippen molar-refractivity contribution in [2.45, 2.75) is 6.42 Å². The highest BCUT2D eigenvalue weighted by Crippen LogP contribution is 2.40. The molecule has 2 amide bonds. The number of methoxy groups -OCH3 is 2. The van der Waals surface area contributed by atoms with E-state index in [9.17, 15) is 9.59 Å². The van der Waals surface area contributed by atoms with Crippen LogP contribution in [0.2, 0.25) is 0 Å². The first-order valence-electron chi connectivity index (χ1n) is 10.5. The van der Waals surface area contributed by atoms with Crippen LogP contribution in [-0.4, -0.2) is 75.4 Å². The zero-order valence-corrected chi connectivity index (χ0v) is 18.3. The van der Waals surface area contributed by atoms with E-state index in [1.807, 2.05) is 34.1 Å². The zero-order valence-electron chi connectivity index (χ0n) is 18.3. The maximum Gasteiger partial charge on any atom is 0.238 e. The van der Waals surface area contributed by atoms with Gasteiger partial charge in [0.2, 0.25) is 18.6 Å². The number of piperazine rings is 1. The minimum absolute atomic E-state index is 0.0763. The number of amides is 2. The molecule has 0 bridgehead atoms. The van der Waals surface area contributed by atoms with Crippen molar-refractivity contribution in [3.8, 4) is 23.0 Å². The van der Waals surface area contributed by atoms with Gasteiger partial charge in [-0.1, -0.05) is 12.1 Å². The van der Waals surface area contributed by atoms with E-state index in [-0.39, 0.29) is 25.2 Å². The van der Waals surface area contributed by atoms with Gasteiger partial charge in [-0.3, -0.25) is 14.5 Å². The van der Waals surface area contributed by atoms with E-state index in [0.717, 1.165) is 11.3 Å². The van der Waals surface area contributed by atoms with Crippen LogP contribution in [0.25, 0.3) is 0 Å². The van der Waals surface area contributed by atoms with Crippen LogP contribution in [0.15, 0.2) is 36.4 Å². The maximum atomic E-state index is 12.7. The minimum Gasteiger partial charge on any atom is -0.497 e. The summed E-state index contributed by atoms with van der Waals surface area (Å²) in [7, 11) is 3.15. The van der Waals surface area contributed by atoms with Gasteiger partial charge >= 0.3 is 0 Å². The van der Waals surface area contributed by atoms with Crippen LogP contribution in [0.4, 0.5) is 5.69 Å². The Bertz CT molecular complexity index is 988. The lowest BCUT2D eigenvalue weighted by Crippen LogP contribution is -2.50. The first kappa shape index (κ1) is 21.8. The van der Waals surface area contributed by atoms with Crippen LogP contribution in [0, 0.1) is 0 Å². The Morgan fingerprint density at radius 1 is 1.00 bits per heavy atom. The molecular weight excluding hydrogens is 414 g/mol. The standard InChI is InChI=1S/C23H27N3O6/c1-29-17-5-3-4-16(10-17)11-23(28)26-8-6-25(7-9-26)14-22(27)24-18-12-20-21(32-15-31-20)13-19(18)30-2/h3-5,10,12-13H,6-9,11,14-15H2,1-2H3,(H,24,27).